The number of ether oxygens (including phenoxy) is 1. The maximum absolute atomic E-state index is 15.3. The van der Waals surface area contributed by atoms with Crippen LogP contribution < -0.4 is 0 Å². The molecule has 2 heterocycles. The van der Waals surface area contributed by atoms with Gasteiger partial charge in [0.25, 0.3) is 11.8 Å². The van der Waals surface area contributed by atoms with E-state index in [-0.39, 0.29) is 6.42 Å². The molecule has 2 aromatic carbocycles. The lowest BCUT2D eigenvalue weighted by Gasteiger charge is -2.33. The highest BCUT2D eigenvalue weighted by atomic mass is 35.5. The van der Waals surface area contributed by atoms with Gasteiger partial charge in [0.15, 0.2) is 0 Å². The first-order chi connectivity index (χ1) is 13.8. The highest BCUT2D eigenvalue weighted by Crippen LogP contribution is 2.40. The molecule has 2 fully saturated rings. The van der Waals surface area contributed by atoms with Crippen molar-refractivity contribution in [1.82, 2.24) is 4.90 Å². The number of nitrogens with zero attached hydrogens (tertiary/aromatic N) is 1. The molecule has 0 N–H and O–H groups in total. The van der Waals surface area contributed by atoms with E-state index in [0.717, 1.165) is 0 Å². The van der Waals surface area contributed by atoms with E-state index in [9.17, 15) is 13.6 Å². The third-order valence-corrected chi connectivity index (χ3v) is 6.16. The minimum Gasteiger partial charge on any atom is -0.368 e. The Morgan fingerprint density at radius 1 is 1.28 bits per heavy atom. The first-order valence-corrected chi connectivity index (χ1v) is 9.99. The van der Waals surface area contributed by atoms with E-state index in [1.807, 2.05) is 0 Å². The van der Waals surface area contributed by atoms with Crippen molar-refractivity contribution in [2.24, 2.45) is 5.92 Å². The summed E-state index contributed by atoms with van der Waals surface area (Å²) in [5, 5.41) is 0.480. The van der Waals surface area contributed by atoms with Crippen molar-refractivity contribution in [3.63, 3.8) is 0 Å². The number of carbonyl (C=O) groups excluding carboxylic acids is 1. The van der Waals surface area contributed by atoms with Gasteiger partial charge in [0.2, 0.25) is 0 Å². The second kappa shape index (κ2) is 7.65. The lowest BCUT2D eigenvalue weighted by atomic mass is 9.91. The molecular weight excluding hydrogens is 403 g/mol. The van der Waals surface area contributed by atoms with Crippen molar-refractivity contribution < 1.29 is 22.7 Å². The van der Waals surface area contributed by atoms with Gasteiger partial charge in [-0.05, 0) is 29.7 Å². The van der Waals surface area contributed by atoms with Gasteiger partial charge in [-0.15, -0.1) is 0 Å². The van der Waals surface area contributed by atoms with Crippen LogP contribution in [-0.4, -0.2) is 42.0 Å². The first-order valence-electron chi connectivity index (χ1n) is 9.61. The normalized spacial score (nSPS) is 25.7. The molecule has 2 aliphatic heterocycles. The highest BCUT2D eigenvalue weighted by Gasteiger charge is 2.54. The minimum atomic E-state index is -3.02. The Morgan fingerprint density at radius 3 is 2.66 bits per heavy atom. The molecule has 29 heavy (non-hydrogen) atoms. The van der Waals surface area contributed by atoms with Crippen molar-refractivity contribution in [3.8, 4) is 11.1 Å². The quantitative estimate of drug-likeness (QED) is 0.695. The van der Waals surface area contributed by atoms with Crippen molar-refractivity contribution in [1.29, 1.82) is 0 Å². The molecule has 1 amide bonds. The molecule has 2 aromatic rings. The molecule has 4 rings (SSSR count). The number of benzene rings is 2. The Hall–Kier alpha value is -2.05. The molecule has 1 unspecified atom stereocenters. The van der Waals surface area contributed by atoms with E-state index < -0.39 is 42.3 Å². The summed E-state index contributed by atoms with van der Waals surface area (Å²) in [5.74, 6) is -5.02. The van der Waals surface area contributed by atoms with Crippen LogP contribution in [0.25, 0.3) is 11.1 Å². The molecular formula is C22H21ClF3NO2. The number of hydrogen-bond acceptors (Lipinski definition) is 2. The van der Waals surface area contributed by atoms with Crippen LogP contribution in [0.4, 0.5) is 13.2 Å². The largest absolute Gasteiger partial charge is 0.368 e. The Morgan fingerprint density at radius 2 is 2.00 bits per heavy atom. The van der Waals surface area contributed by atoms with Crippen LogP contribution in [-0.2, 0) is 16.0 Å². The predicted octanol–water partition coefficient (Wildman–Crippen LogP) is 4.96. The Labute approximate surface area is 172 Å². The van der Waals surface area contributed by atoms with E-state index in [2.05, 4.69) is 0 Å². The Kier molecular flexibility index (Phi) is 5.34. The van der Waals surface area contributed by atoms with Crippen LogP contribution in [0.3, 0.4) is 0 Å². The van der Waals surface area contributed by atoms with Gasteiger partial charge in [0.1, 0.15) is 11.9 Å². The van der Waals surface area contributed by atoms with Crippen molar-refractivity contribution in [2.45, 2.75) is 37.8 Å². The summed E-state index contributed by atoms with van der Waals surface area (Å²) in [4.78, 5) is 13.8. The lowest BCUT2D eigenvalue weighted by molar-refractivity contribution is -0.158. The molecule has 3 nitrogen and oxygen atoms in total. The standard InChI is InChI=1S/C22H21ClF3NO2/c1-13-18(27(12-22(13,25)26)21(28)19-8-9-29-19)11-15-5-3-7-17(20(15)24)14-4-2-6-16(23)10-14/h2-7,10,13,18-19H,8-9,11-12H2,1H3/t13-,18+,19?/m1/s1. The molecule has 0 bridgehead atoms. The van der Waals surface area contributed by atoms with Crippen LogP contribution in [0.15, 0.2) is 42.5 Å². The number of amides is 1. The summed E-state index contributed by atoms with van der Waals surface area (Å²) in [7, 11) is 0. The fourth-order valence-electron chi connectivity index (χ4n) is 4.03. The number of rotatable bonds is 4. The van der Waals surface area contributed by atoms with Crippen LogP contribution in [0.1, 0.15) is 18.9 Å². The van der Waals surface area contributed by atoms with Gasteiger partial charge < -0.3 is 9.64 Å². The number of likely N-dealkylation sites (tertiary alicyclic amines) is 1. The first kappa shape index (κ1) is 20.2. The molecule has 0 radical (unpaired) electrons. The summed E-state index contributed by atoms with van der Waals surface area (Å²) in [6.45, 7) is 1.21. The van der Waals surface area contributed by atoms with Crippen molar-refractivity contribution in [2.75, 3.05) is 13.2 Å². The summed E-state index contributed by atoms with van der Waals surface area (Å²) in [6, 6.07) is 10.9. The van der Waals surface area contributed by atoms with Gasteiger partial charge in [0, 0.05) is 29.0 Å². The van der Waals surface area contributed by atoms with Crippen LogP contribution in [0, 0.1) is 11.7 Å². The van der Waals surface area contributed by atoms with E-state index in [1.54, 1.807) is 42.5 Å². The molecule has 2 saturated heterocycles. The zero-order valence-electron chi connectivity index (χ0n) is 15.9. The zero-order valence-corrected chi connectivity index (χ0v) is 16.6. The van der Waals surface area contributed by atoms with Gasteiger partial charge in [0.05, 0.1) is 13.2 Å². The van der Waals surface area contributed by atoms with Gasteiger partial charge in [-0.3, -0.25) is 4.79 Å². The fraction of sp³-hybridized carbons (Fsp3) is 0.409. The Bertz CT molecular complexity index is 932. The molecule has 0 aliphatic carbocycles. The molecule has 0 saturated carbocycles. The van der Waals surface area contributed by atoms with Crippen molar-refractivity contribution >= 4 is 17.5 Å². The average Bonchev–Trinajstić information content (AvgIpc) is 2.85. The molecule has 3 atom stereocenters. The molecule has 0 aromatic heterocycles. The van der Waals surface area contributed by atoms with E-state index in [4.69, 9.17) is 16.3 Å². The number of carbonyl (C=O) groups is 1. The number of hydrogen-bond donors (Lipinski definition) is 0. The third kappa shape index (κ3) is 3.76. The smallest absolute Gasteiger partial charge is 0.269 e. The second-order valence-electron chi connectivity index (χ2n) is 7.72. The second-order valence-corrected chi connectivity index (χ2v) is 8.16. The van der Waals surface area contributed by atoms with E-state index >= 15 is 4.39 Å². The molecule has 2 aliphatic rings. The summed E-state index contributed by atoms with van der Waals surface area (Å²) >= 11 is 6.02. The summed E-state index contributed by atoms with van der Waals surface area (Å²) < 4.78 is 49.3. The van der Waals surface area contributed by atoms with Crippen LogP contribution >= 0.6 is 11.6 Å². The van der Waals surface area contributed by atoms with Gasteiger partial charge >= 0.3 is 0 Å². The van der Waals surface area contributed by atoms with E-state index in [1.165, 1.54) is 11.8 Å². The number of halogens is 4. The topological polar surface area (TPSA) is 29.5 Å². The number of alkyl halides is 2. The van der Waals surface area contributed by atoms with E-state index in [0.29, 0.717) is 34.7 Å². The fourth-order valence-corrected chi connectivity index (χ4v) is 4.22. The summed E-state index contributed by atoms with van der Waals surface area (Å²) in [6.07, 6.45) is -0.128. The maximum atomic E-state index is 15.3. The highest BCUT2D eigenvalue weighted by molar-refractivity contribution is 6.30. The Balaban J connectivity index is 1.64. The molecule has 7 heteroatoms. The van der Waals surface area contributed by atoms with Gasteiger partial charge in [-0.1, -0.05) is 48.9 Å². The average molecular weight is 424 g/mol. The molecule has 0 spiro atoms. The zero-order chi connectivity index (χ0) is 20.8. The minimum absolute atomic E-state index is 0.00938. The monoisotopic (exact) mass is 423 g/mol. The summed E-state index contributed by atoms with van der Waals surface area (Å²) in [5.41, 5.74) is 1.25. The van der Waals surface area contributed by atoms with Crippen molar-refractivity contribution in [3.05, 3.63) is 58.9 Å². The lowest BCUT2D eigenvalue weighted by Crippen LogP contribution is -2.49. The van der Waals surface area contributed by atoms with Gasteiger partial charge in [-0.2, -0.15) is 0 Å². The third-order valence-electron chi connectivity index (χ3n) is 5.93. The SMILES string of the molecule is C[C@@H]1[C@H](Cc2cccc(-c3cccc(Cl)c3)c2F)N(C(=O)C2CCO2)CC1(F)F. The van der Waals surface area contributed by atoms with Crippen LogP contribution in [0.5, 0.6) is 0 Å². The van der Waals surface area contributed by atoms with Crippen LogP contribution in [0.2, 0.25) is 5.02 Å². The molecule has 154 valence electrons. The van der Waals surface area contributed by atoms with Gasteiger partial charge in [-0.25, -0.2) is 13.2 Å². The maximum Gasteiger partial charge on any atom is 0.269 e. The predicted molar refractivity (Wildman–Crippen MR) is 105 cm³/mol.